The average Bonchev–Trinajstić information content (AvgIpc) is 2.34. The second kappa shape index (κ2) is 6.17. The summed E-state index contributed by atoms with van der Waals surface area (Å²) in [6.45, 7) is 7.66. The standard InChI is InChI=1S/C14H28N2O/c1-3-17-12-6-8-16(9-7-12)14-10-11(2)4-5-13(14)15/h11-14H,3-10,15H2,1-2H3. The van der Waals surface area contributed by atoms with Crippen LogP contribution in [0.25, 0.3) is 0 Å². The number of likely N-dealkylation sites (tertiary alicyclic amines) is 1. The van der Waals surface area contributed by atoms with Crippen LogP contribution in [0.3, 0.4) is 0 Å². The molecule has 0 aromatic carbocycles. The molecule has 2 aliphatic rings. The SMILES string of the molecule is CCOC1CCN(C2CC(C)CCC2N)CC1. The molecule has 1 aliphatic heterocycles. The lowest BCUT2D eigenvalue weighted by atomic mass is 9.82. The number of hydrogen-bond donors (Lipinski definition) is 1. The van der Waals surface area contributed by atoms with Crippen molar-refractivity contribution in [3.8, 4) is 0 Å². The number of ether oxygens (including phenoxy) is 1. The zero-order valence-corrected chi connectivity index (χ0v) is 11.4. The molecule has 0 amide bonds. The zero-order chi connectivity index (χ0) is 12.3. The molecule has 1 heterocycles. The molecule has 2 rings (SSSR count). The first kappa shape index (κ1) is 13.3. The largest absolute Gasteiger partial charge is 0.378 e. The van der Waals surface area contributed by atoms with E-state index in [9.17, 15) is 0 Å². The van der Waals surface area contributed by atoms with Crippen LogP contribution in [0.2, 0.25) is 0 Å². The van der Waals surface area contributed by atoms with Gasteiger partial charge in [-0.15, -0.1) is 0 Å². The lowest BCUT2D eigenvalue weighted by Gasteiger charge is -2.43. The van der Waals surface area contributed by atoms with Crippen molar-refractivity contribution in [1.29, 1.82) is 0 Å². The Morgan fingerprint density at radius 2 is 1.88 bits per heavy atom. The second-order valence-electron chi connectivity index (χ2n) is 5.84. The third kappa shape index (κ3) is 3.43. The van der Waals surface area contributed by atoms with Crippen molar-refractivity contribution >= 4 is 0 Å². The highest BCUT2D eigenvalue weighted by Gasteiger charge is 2.32. The van der Waals surface area contributed by atoms with Crippen molar-refractivity contribution in [3.05, 3.63) is 0 Å². The van der Waals surface area contributed by atoms with Gasteiger partial charge in [0.05, 0.1) is 6.10 Å². The van der Waals surface area contributed by atoms with Gasteiger partial charge in [0.25, 0.3) is 0 Å². The molecule has 2 N–H and O–H groups in total. The quantitative estimate of drug-likeness (QED) is 0.820. The highest BCUT2D eigenvalue weighted by molar-refractivity contribution is 4.90. The minimum Gasteiger partial charge on any atom is -0.378 e. The number of nitrogens with zero attached hydrogens (tertiary/aromatic N) is 1. The van der Waals surface area contributed by atoms with Crippen molar-refractivity contribution < 1.29 is 4.74 Å². The van der Waals surface area contributed by atoms with Crippen molar-refractivity contribution in [2.75, 3.05) is 19.7 Å². The van der Waals surface area contributed by atoms with Crippen LogP contribution in [0.4, 0.5) is 0 Å². The van der Waals surface area contributed by atoms with Gasteiger partial charge in [-0.2, -0.15) is 0 Å². The highest BCUT2D eigenvalue weighted by Crippen LogP contribution is 2.28. The van der Waals surface area contributed by atoms with Crippen LogP contribution in [-0.2, 0) is 4.74 Å². The van der Waals surface area contributed by atoms with Gasteiger partial charge in [0.15, 0.2) is 0 Å². The van der Waals surface area contributed by atoms with Crippen LogP contribution in [0.15, 0.2) is 0 Å². The lowest BCUT2D eigenvalue weighted by Crippen LogP contribution is -2.53. The number of piperidine rings is 1. The van der Waals surface area contributed by atoms with E-state index in [0.29, 0.717) is 18.2 Å². The lowest BCUT2D eigenvalue weighted by molar-refractivity contribution is -0.00621. The summed E-state index contributed by atoms with van der Waals surface area (Å²) in [5, 5.41) is 0. The summed E-state index contributed by atoms with van der Waals surface area (Å²) in [7, 11) is 0. The van der Waals surface area contributed by atoms with Crippen LogP contribution >= 0.6 is 0 Å². The summed E-state index contributed by atoms with van der Waals surface area (Å²) in [5.41, 5.74) is 6.29. The first-order valence-electron chi connectivity index (χ1n) is 7.32. The zero-order valence-electron chi connectivity index (χ0n) is 11.4. The van der Waals surface area contributed by atoms with E-state index >= 15 is 0 Å². The van der Waals surface area contributed by atoms with Crippen LogP contribution < -0.4 is 5.73 Å². The van der Waals surface area contributed by atoms with Crippen LogP contribution in [-0.4, -0.2) is 42.8 Å². The molecule has 1 saturated heterocycles. The second-order valence-corrected chi connectivity index (χ2v) is 5.84. The van der Waals surface area contributed by atoms with Gasteiger partial charge in [-0.25, -0.2) is 0 Å². The van der Waals surface area contributed by atoms with E-state index in [4.69, 9.17) is 10.5 Å². The average molecular weight is 240 g/mol. The Bertz CT molecular complexity index is 226. The predicted molar refractivity (Wildman–Crippen MR) is 71.0 cm³/mol. The summed E-state index contributed by atoms with van der Waals surface area (Å²) >= 11 is 0. The fourth-order valence-corrected chi connectivity index (χ4v) is 3.40. The Morgan fingerprint density at radius 1 is 1.18 bits per heavy atom. The molecule has 1 aliphatic carbocycles. The molecule has 0 bridgehead atoms. The van der Waals surface area contributed by atoms with Crippen LogP contribution in [0.5, 0.6) is 0 Å². The van der Waals surface area contributed by atoms with Gasteiger partial charge in [0.2, 0.25) is 0 Å². The van der Waals surface area contributed by atoms with Gasteiger partial charge >= 0.3 is 0 Å². The Balaban J connectivity index is 1.82. The third-order valence-electron chi connectivity index (χ3n) is 4.48. The Hall–Kier alpha value is -0.120. The summed E-state index contributed by atoms with van der Waals surface area (Å²) in [6.07, 6.45) is 6.68. The summed E-state index contributed by atoms with van der Waals surface area (Å²) in [6, 6.07) is 1.02. The number of hydrogen-bond acceptors (Lipinski definition) is 3. The molecule has 0 spiro atoms. The Morgan fingerprint density at radius 3 is 2.53 bits per heavy atom. The van der Waals surface area contributed by atoms with Gasteiger partial charge in [-0.3, -0.25) is 4.90 Å². The van der Waals surface area contributed by atoms with E-state index in [1.54, 1.807) is 0 Å². The van der Waals surface area contributed by atoms with E-state index in [1.807, 2.05) is 0 Å². The molecule has 3 nitrogen and oxygen atoms in total. The molecule has 3 atom stereocenters. The molecular weight excluding hydrogens is 212 g/mol. The molecule has 2 fully saturated rings. The molecule has 0 aromatic heterocycles. The molecule has 100 valence electrons. The van der Waals surface area contributed by atoms with E-state index < -0.39 is 0 Å². The smallest absolute Gasteiger partial charge is 0.0599 e. The monoisotopic (exact) mass is 240 g/mol. The molecular formula is C14H28N2O. The maximum Gasteiger partial charge on any atom is 0.0599 e. The molecule has 0 radical (unpaired) electrons. The predicted octanol–water partition coefficient (Wildman–Crippen LogP) is 2.00. The minimum atomic E-state index is 0.398. The van der Waals surface area contributed by atoms with E-state index in [2.05, 4.69) is 18.7 Å². The molecule has 3 heteroatoms. The van der Waals surface area contributed by atoms with E-state index in [-0.39, 0.29) is 0 Å². The first-order valence-corrected chi connectivity index (χ1v) is 7.32. The summed E-state index contributed by atoms with van der Waals surface area (Å²) < 4.78 is 5.71. The highest BCUT2D eigenvalue weighted by atomic mass is 16.5. The number of nitrogens with two attached hydrogens (primary N) is 1. The minimum absolute atomic E-state index is 0.398. The van der Waals surface area contributed by atoms with Gasteiger partial charge in [-0.05, 0) is 44.9 Å². The molecule has 17 heavy (non-hydrogen) atoms. The number of rotatable bonds is 3. The fourth-order valence-electron chi connectivity index (χ4n) is 3.40. The first-order chi connectivity index (χ1) is 8.20. The summed E-state index contributed by atoms with van der Waals surface area (Å²) in [4.78, 5) is 2.62. The summed E-state index contributed by atoms with van der Waals surface area (Å²) in [5.74, 6) is 0.851. The van der Waals surface area contributed by atoms with Crippen molar-refractivity contribution in [2.45, 2.75) is 64.1 Å². The van der Waals surface area contributed by atoms with Gasteiger partial charge in [0.1, 0.15) is 0 Å². The maximum absolute atomic E-state index is 6.29. The van der Waals surface area contributed by atoms with Gasteiger partial charge in [-0.1, -0.05) is 6.92 Å². The van der Waals surface area contributed by atoms with Crippen molar-refractivity contribution in [3.63, 3.8) is 0 Å². The van der Waals surface area contributed by atoms with Crippen molar-refractivity contribution in [2.24, 2.45) is 11.7 Å². The fraction of sp³-hybridized carbons (Fsp3) is 1.00. The molecule has 3 unspecified atom stereocenters. The topological polar surface area (TPSA) is 38.5 Å². The van der Waals surface area contributed by atoms with Gasteiger partial charge in [0, 0.05) is 31.8 Å². The maximum atomic E-state index is 6.29. The van der Waals surface area contributed by atoms with Gasteiger partial charge < -0.3 is 10.5 Å². The van der Waals surface area contributed by atoms with Crippen LogP contribution in [0.1, 0.15) is 46.0 Å². The Kier molecular flexibility index (Phi) is 4.83. The van der Waals surface area contributed by atoms with E-state index in [0.717, 1.165) is 12.5 Å². The van der Waals surface area contributed by atoms with Crippen molar-refractivity contribution in [1.82, 2.24) is 4.90 Å². The van der Waals surface area contributed by atoms with Crippen LogP contribution in [0, 0.1) is 5.92 Å². The van der Waals surface area contributed by atoms with E-state index in [1.165, 1.54) is 45.2 Å². The molecule has 0 aromatic rings. The Labute approximate surface area is 106 Å². The molecule has 1 saturated carbocycles. The third-order valence-corrected chi connectivity index (χ3v) is 4.48. The normalized spacial score (nSPS) is 37.2.